The molecule has 0 unspecified atom stereocenters. The summed E-state index contributed by atoms with van der Waals surface area (Å²) in [6.45, 7) is -0.375. The number of sulfonamides is 1. The predicted molar refractivity (Wildman–Crippen MR) is 127 cm³/mol. The largest absolute Gasteiger partial charge is 0.482 e. The topological polar surface area (TPSA) is 84.5 Å². The van der Waals surface area contributed by atoms with Gasteiger partial charge in [-0.05, 0) is 83.3 Å². The second-order valence-corrected chi connectivity index (χ2v) is 9.96. The van der Waals surface area contributed by atoms with E-state index in [-0.39, 0.29) is 28.0 Å². The number of carbonyl (C=O) groups is 1. The van der Waals surface area contributed by atoms with Crippen molar-refractivity contribution in [3.63, 3.8) is 0 Å². The van der Waals surface area contributed by atoms with Gasteiger partial charge >= 0.3 is 6.18 Å². The molecule has 174 valence electrons. The lowest BCUT2D eigenvalue weighted by molar-refractivity contribution is -0.137. The highest BCUT2D eigenvalue weighted by Gasteiger charge is 2.30. The van der Waals surface area contributed by atoms with Gasteiger partial charge in [0, 0.05) is 14.9 Å². The molecule has 0 aliphatic rings. The average molecular weight is 611 g/mol. The molecule has 0 fully saturated rings. The van der Waals surface area contributed by atoms with Crippen molar-refractivity contribution in [2.75, 3.05) is 16.6 Å². The maximum Gasteiger partial charge on any atom is 0.416 e. The number of anilines is 2. The highest BCUT2D eigenvalue weighted by Crippen LogP contribution is 2.32. The lowest BCUT2D eigenvalue weighted by atomic mass is 10.2. The second-order valence-electron chi connectivity index (χ2n) is 6.62. The van der Waals surface area contributed by atoms with Crippen molar-refractivity contribution in [1.29, 1.82) is 0 Å². The van der Waals surface area contributed by atoms with Crippen molar-refractivity contribution >= 4 is 61.5 Å². The van der Waals surface area contributed by atoms with Crippen LogP contribution in [-0.4, -0.2) is 20.9 Å². The second kappa shape index (κ2) is 10.2. The van der Waals surface area contributed by atoms with Gasteiger partial charge in [-0.25, -0.2) is 8.42 Å². The van der Waals surface area contributed by atoms with Gasteiger partial charge in [-0.3, -0.25) is 9.52 Å². The summed E-state index contributed by atoms with van der Waals surface area (Å²) in [5.74, 6) is -0.386. The van der Waals surface area contributed by atoms with Crippen LogP contribution in [0.15, 0.2) is 71.6 Å². The quantitative estimate of drug-likeness (QED) is 0.332. The summed E-state index contributed by atoms with van der Waals surface area (Å²) in [5.41, 5.74) is -0.668. The number of carbonyl (C=O) groups excluding carboxylic acids is 1. The van der Waals surface area contributed by atoms with Gasteiger partial charge in [-0.15, -0.1) is 0 Å². The molecule has 6 nitrogen and oxygen atoms in total. The van der Waals surface area contributed by atoms with Crippen LogP contribution >= 0.6 is 34.2 Å². The number of rotatable bonds is 7. The summed E-state index contributed by atoms with van der Waals surface area (Å²) in [4.78, 5) is 11.8. The molecule has 0 aliphatic heterocycles. The summed E-state index contributed by atoms with van der Waals surface area (Å²) in [6, 6.07) is 14.4. The monoisotopic (exact) mass is 610 g/mol. The van der Waals surface area contributed by atoms with Crippen LogP contribution in [0.1, 0.15) is 5.56 Å². The molecule has 0 radical (unpaired) electrons. The number of ether oxygens (including phenoxy) is 1. The summed E-state index contributed by atoms with van der Waals surface area (Å²) in [7, 11) is -4.23. The van der Waals surface area contributed by atoms with Crippen LogP contribution in [-0.2, 0) is 21.0 Å². The maximum atomic E-state index is 12.9. The van der Waals surface area contributed by atoms with Gasteiger partial charge in [0.25, 0.3) is 15.9 Å². The molecule has 0 aromatic heterocycles. The lowest BCUT2D eigenvalue weighted by Gasteiger charge is -2.13. The standard InChI is InChI=1S/C21H15ClF3IN2O4S/c22-18-11-17(33(30,31)28-16-3-1-2-13(10-16)21(23,24)25)8-9-19(18)32-12-20(29)27-15-6-4-14(26)5-7-15/h1-11,28H,12H2,(H,27,29). The normalized spacial score (nSPS) is 11.7. The predicted octanol–water partition coefficient (Wildman–Crippen LogP) is 5.78. The van der Waals surface area contributed by atoms with Gasteiger partial charge in [-0.1, -0.05) is 17.7 Å². The summed E-state index contributed by atoms with van der Waals surface area (Å²) < 4.78 is 72.1. The molecule has 3 aromatic rings. The fourth-order valence-electron chi connectivity index (χ4n) is 2.61. The SMILES string of the molecule is O=C(COc1ccc(S(=O)(=O)Nc2cccc(C(F)(F)F)c2)cc1Cl)Nc1ccc(I)cc1. The molecule has 0 bridgehead atoms. The summed E-state index contributed by atoms with van der Waals surface area (Å²) >= 11 is 8.22. The Morgan fingerprint density at radius 1 is 1.00 bits per heavy atom. The average Bonchev–Trinajstić information content (AvgIpc) is 2.74. The van der Waals surface area contributed by atoms with E-state index in [4.69, 9.17) is 16.3 Å². The fraction of sp³-hybridized carbons (Fsp3) is 0.0952. The van der Waals surface area contributed by atoms with E-state index in [1.807, 2.05) is 12.1 Å². The van der Waals surface area contributed by atoms with Gasteiger partial charge in [-0.2, -0.15) is 13.2 Å². The minimum atomic E-state index is -4.62. The van der Waals surface area contributed by atoms with Gasteiger partial charge in [0.1, 0.15) is 5.75 Å². The van der Waals surface area contributed by atoms with Crippen molar-refractivity contribution in [3.05, 3.63) is 80.9 Å². The Hall–Kier alpha value is -2.51. The third-order valence-electron chi connectivity index (χ3n) is 4.14. The van der Waals surface area contributed by atoms with E-state index in [0.717, 1.165) is 27.8 Å². The number of alkyl halides is 3. The molecule has 0 heterocycles. The first-order chi connectivity index (χ1) is 15.4. The molecular formula is C21H15ClF3IN2O4S. The molecule has 2 N–H and O–H groups in total. The van der Waals surface area contributed by atoms with Crippen LogP contribution in [0.4, 0.5) is 24.5 Å². The number of hydrogen-bond acceptors (Lipinski definition) is 4. The molecule has 3 rings (SSSR count). The molecule has 0 aliphatic carbocycles. The Balaban J connectivity index is 1.66. The highest BCUT2D eigenvalue weighted by atomic mass is 127. The maximum absolute atomic E-state index is 12.9. The molecule has 0 spiro atoms. The molecule has 0 atom stereocenters. The van der Waals surface area contributed by atoms with Gasteiger partial charge in [0.15, 0.2) is 6.61 Å². The zero-order valence-electron chi connectivity index (χ0n) is 16.5. The number of hydrogen-bond donors (Lipinski definition) is 2. The zero-order chi connectivity index (χ0) is 24.2. The Bertz CT molecular complexity index is 1270. The number of amides is 1. The third kappa shape index (κ3) is 6.98. The minimum absolute atomic E-state index is 0.0624. The molecular weight excluding hydrogens is 596 g/mol. The molecule has 12 heteroatoms. The molecule has 0 saturated heterocycles. The van der Waals surface area contributed by atoms with E-state index in [1.165, 1.54) is 12.1 Å². The molecule has 3 aromatic carbocycles. The van der Waals surface area contributed by atoms with Crippen LogP contribution in [0.25, 0.3) is 0 Å². The van der Waals surface area contributed by atoms with E-state index in [1.54, 1.807) is 12.1 Å². The first-order valence-corrected chi connectivity index (χ1v) is 12.1. The van der Waals surface area contributed by atoms with Gasteiger partial charge in [0.2, 0.25) is 0 Å². The van der Waals surface area contributed by atoms with E-state index >= 15 is 0 Å². The number of nitrogens with one attached hydrogen (secondary N) is 2. The fourth-order valence-corrected chi connectivity index (χ4v) is 4.35. The van der Waals surface area contributed by atoms with Crippen molar-refractivity contribution in [2.24, 2.45) is 0 Å². The van der Waals surface area contributed by atoms with Crippen LogP contribution in [0.5, 0.6) is 5.75 Å². The van der Waals surface area contributed by atoms with Crippen LogP contribution in [0, 0.1) is 3.57 Å². The first-order valence-electron chi connectivity index (χ1n) is 9.12. The van der Waals surface area contributed by atoms with E-state index in [0.29, 0.717) is 11.8 Å². The molecule has 1 amide bonds. The smallest absolute Gasteiger partial charge is 0.416 e. The van der Waals surface area contributed by atoms with Crippen molar-refractivity contribution in [1.82, 2.24) is 0 Å². The third-order valence-corrected chi connectivity index (χ3v) is 6.54. The highest BCUT2D eigenvalue weighted by molar-refractivity contribution is 14.1. The molecule has 0 saturated carbocycles. The van der Waals surface area contributed by atoms with Crippen molar-refractivity contribution in [3.8, 4) is 5.75 Å². The van der Waals surface area contributed by atoms with Crippen LogP contribution in [0.3, 0.4) is 0 Å². The van der Waals surface area contributed by atoms with Crippen LogP contribution in [0.2, 0.25) is 5.02 Å². The summed E-state index contributed by atoms with van der Waals surface area (Å²) in [5, 5.41) is 2.55. The summed E-state index contributed by atoms with van der Waals surface area (Å²) in [6.07, 6.45) is -4.62. The van der Waals surface area contributed by atoms with Crippen molar-refractivity contribution < 1.29 is 31.1 Å². The zero-order valence-corrected chi connectivity index (χ0v) is 20.2. The van der Waals surface area contributed by atoms with Crippen LogP contribution < -0.4 is 14.8 Å². The van der Waals surface area contributed by atoms with Crippen molar-refractivity contribution in [2.45, 2.75) is 11.1 Å². The Kier molecular flexibility index (Phi) is 7.75. The Labute approximate surface area is 206 Å². The lowest BCUT2D eigenvalue weighted by Crippen LogP contribution is -2.20. The van der Waals surface area contributed by atoms with Gasteiger partial charge in [0.05, 0.1) is 15.5 Å². The number of benzene rings is 3. The van der Waals surface area contributed by atoms with E-state index in [2.05, 4.69) is 32.6 Å². The van der Waals surface area contributed by atoms with E-state index in [9.17, 15) is 26.4 Å². The molecule has 33 heavy (non-hydrogen) atoms. The van der Waals surface area contributed by atoms with Gasteiger partial charge < -0.3 is 10.1 Å². The first kappa shape index (κ1) is 25.1. The Morgan fingerprint density at radius 3 is 2.33 bits per heavy atom. The minimum Gasteiger partial charge on any atom is -0.482 e. The van der Waals surface area contributed by atoms with E-state index < -0.39 is 27.7 Å². The number of halogens is 5. The Morgan fingerprint density at radius 2 is 1.70 bits per heavy atom.